The van der Waals surface area contributed by atoms with Crippen LogP contribution < -0.4 is 4.74 Å². The summed E-state index contributed by atoms with van der Waals surface area (Å²) in [5.74, 6) is 1.76. The molecule has 3 aromatic rings. The summed E-state index contributed by atoms with van der Waals surface area (Å²) in [4.78, 5) is 4.79. The molecule has 1 saturated heterocycles. The van der Waals surface area contributed by atoms with Gasteiger partial charge in [0.05, 0.1) is 17.6 Å². The summed E-state index contributed by atoms with van der Waals surface area (Å²) in [5.41, 5.74) is 5.37. The lowest BCUT2D eigenvalue weighted by atomic mass is 10.1. The Labute approximate surface area is 178 Å². The Morgan fingerprint density at radius 2 is 1.93 bits per heavy atom. The van der Waals surface area contributed by atoms with Crippen molar-refractivity contribution < 1.29 is 14.6 Å². The molecule has 0 saturated carbocycles. The number of rotatable bonds is 6. The second-order valence-electron chi connectivity index (χ2n) is 7.76. The zero-order chi connectivity index (χ0) is 19.7. The topological polar surface area (TPSA) is 56.5 Å². The van der Waals surface area contributed by atoms with Gasteiger partial charge in [-0.2, -0.15) is 0 Å². The quantitative estimate of drug-likeness (QED) is 0.634. The molecule has 0 bridgehead atoms. The van der Waals surface area contributed by atoms with E-state index in [4.69, 9.17) is 14.5 Å². The van der Waals surface area contributed by atoms with E-state index < -0.39 is 6.10 Å². The van der Waals surface area contributed by atoms with Gasteiger partial charge >= 0.3 is 0 Å². The molecule has 29 heavy (non-hydrogen) atoms. The lowest BCUT2D eigenvalue weighted by Gasteiger charge is -2.19. The van der Waals surface area contributed by atoms with E-state index in [9.17, 15) is 5.11 Å². The number of hydrogen-bond donors (Lipinski definition) is 1. The molecule has 2 heterocycles. The second-order valence-corrected chi connectivity index (χ2v) is 7.76. The van der Waals surface area contributed by atoms with Crippen LogP contribution in [-0.4, -0.2) is 34.0 Å². The van der Waals surface area contributed by atoms with Crippen molar-refractivity contribution in [2.45, 2.75) is 52.4 Å². The van der Waals surface area contributed by atoms with Crippen LogP contribution in [0.5, 0.6) is 5.75 Å². The van der Waals surface area contributed by atoms with Gasteiger partial charge in [-0.15, -0.1) is 12.4 Å². The van der Waals surface area contributed by atoms with Crippen LogP contribution in [0.1, 0.15) is 41.5 Å². The lowest BCUT2D eigenvalue weighted by molar-refractivity contribution is 0.0802. The third kappa shape index (κ3) is 4.58. The summed E-state index contributed by atoms with van der Waals surface area (Å²) in [6, 6.07) is 12.2. The molecule has 5 nitrogen and oxygen atoms in total. The normalized spacial score (nSPS) is 17.3. The van der Waals surface area contributed by atoms with Gasteiger partial charge in [0.1, 0.15) is 30.4 Å². The van der Waals surface area contributed by atoms with Gasteiger partial charge in [-0.25, -0.2) is 4.98 Å². The summed E-state index contributed by atoms with van der Waals surface area (Å²) >= 11 is 0. The van der Waals surface area contributed by atoms with E-state index in [-0.39, 0.29) is 25.1 Å². The van der Waals surface area contributed by atoms with E-state index in [1.807, 2.05) is 38.1 Å². The lowest BCUT2D eigenvalue weighted by Crippen LogP contribution is -2.25. The molecule has 1 aliphatic heterocycles. The fourth-order valence-electron chi connectivity index (χ4n) is 4.15. The highest BCUT2D eigenvalue weighted by molar-refractivity contribution is 5.85. The summed E-state index contributed by atoms with van der Waals surface area (Å²) in [5, 5.41) is 10.7. The van der Waals surface area contributed by atoms with E-state index in [0.29, 0.717) is 6.54 Å². The number of hydrogen-bond acceptors (Lipinski definition) is 4. The van der Waals surface area contributed by atoms with E-state index in [1.165, 1.54) is 5.56 Å². The van der Waals surface area contributed by atoms with Crippen LogP contribution in [0, 0.1) is 20.8 Å². The molecule has 0 radical (unpaired) electrons. The van der Waals surface area contributed by atoms with Crippen molar-refractivity contribution in [1.82, 2.24) is 9.55 Å². The fraction of sp³-hybridized carbons (Fsp3) is 0.435. The zero-order valence-corrected chi connectivity index (χ0v) is 18.0. The average Bonchev–Trinajstić information content (AvgIpc) is 3.29. The molecule has 6 heteroatoms. The van der Waals surface area contributed by atoms with Crippen molar-refractivity contribution in [3.8, 4) is 5.75 Å². The highest BCUT2D eigenvalue weighted by Gasteiger charge is 2.25. The van der Waals surface area contributed by atoms with Crippen molar-refractivity contribution in [2.75, 3.05) is 13.2 Å². The van der Waals surface area contributed by atoms with Crippen molar-refractivity contribution in [1.29, 1.82) is 0 Å². The number of nitrogens with zero attached hydrogens (tertiary/aromatic N) is 2. The molecule has 4 rings (SSSR count). The molecule has 0 aliphatic carbocycles. The maximum absolute atomic E-state index is 10.7. The Morgan fingerprint density at radius 1 is 1.21 bits per heavy atom. The number of fused-ring (bicyclic) bond motifs is 1. The number of imidazole rings is 1. The SMILES string of the molecule is Cc1cc(C)c(OCC(O)Cn2c(C3CCCO3)nc3ccccc32)c(C)c1.Cl. The molecule has 2 unspecified atom stereocenters. The van der Waals surface area contributed by atoms with Crippen LogP contribution >= 0.6 is 12.4 Å². The minimum atomic E-state index is -0.641. The van der Waals surface area contributed by atoms with Crippen molar-refractivity contribution in [3.05, 3.63) is 58.9 Å². The zero-order valence-electron chi connectivity index (χ0n) is 17.2. The number of aromatic nitrogens is 2. The predicted molar refractivity (Wildman–Crippen MR) is 117 cm³/mol. The molecule has 156 valence electrons. The van der Waals surface area contributed by atoms with E-state index in [1.54, 1.807) is 0 Å². The van der Waals surface area contributed by atoms with Crippen LogP contribution in [0.25, 0.3) is 11.0 Å². The highest BCUT2D eigenvalue weighted by atomic mass is 35.5. The number of aliphatic hydroxyl groups is 1. The second kappa shape index (κ2) is 9.16. The van der Waals surface area contributed by atoms with E-state index in [0.717, 1.165) is 53.2 Å². The summed E-state index contributed by atoms with van der Waals surface area (Å²) in [7, 11) is 0. The number of aliphatic hydroxyl groups excluding tert-OH is 1. The molecule has 2 atom stereocenters. The first-order chi connectivity index (χ1) is 13.5. The minimum absolute atomic E-state index is 0. The molecule has 0 amide bonds. The Balaban J connectivity index is 0.00000240. The van der Waals surface area contributed by atoms with Gasteiger partial charge in [-0.3, -0.25) is 0 Å². The van der Waals surface area contributed by atoms with Gasteiger partial charge in [-0.1, -0.05) is 29.8 Å². The Kier molecular flexibility index (Phi) is 6.83. The smallest absolute Gasteiger partial charge is 0.139 e. The third-order valence-corrected chi connectivity index (χ3v) is 5.32. The van der Waals surface area contributed by atoms with Crippen LogP contribution in [0.15, 0.2) is 36.4 Å². The first-order valence-electron chi connectivity index (χ1n) is 9.98. The van der Waals surface area contributed by atoms with Gasteiger partial charge in [0.25, 0.3) is 0 Å². The van der Waals surface area contributed by atoms with Crippen LogP contribution in [-0.2, 0) is 11.3 Å². The van der Waals surface area contributed by atoms with E-state index in [2.05, 4.69) is 23.6 Å². The first-order valence-corrected chi connectivity index (χ1v) is 9.98. The Hall–Kier alpha value is -2.08. The van der Waals surface area contributed by atoms with Crippen LogP contribution in [0.2, 0.25) is 0 Å². The van der Waals surface area contributed by atoms with Crippen LogP contribution in [0.3, 0.4) is 0 Å². The molecule has 1 aromatic heterocycles. The summed E-state index contributed by atoms with van der Waals surface area (Å²) in [6.45, 7) is 7.60. The van der Waals surface area contributed by atoms with Gasteiger partial charge in [-0.05, 0) is 56.9 Å². The Morgan fingerprint density at radius 3 is 2.62 bits per heavy atom. The van der Waals surface area contributed by atoms with Gasteiger partial charge in [0.2, 0.25) is 0 Å². The minimum Gasteiger partial charge on any atom is -0.490 e. The fourth-order valence-corrected chi connectivity index (χ4v) is 4.15. The molecule has 0 spiro atoms. The number of aryl methyl sites for hydroxylation is 3. The Bertz CT molecular complexity index is 956. The number of benzene rings is 2. The predicted octanol–water partition coefficient (Wildman–Crippen LogP) is 4.67. The number of halogens is 1. The van der Waals surface area contributed by atoms with Gasteiger partial charge < -0.3 is 19.1 Å². The summed E-state index contributed by atoms with van der Waals surface area (Å²) < 4.78 is 14.0. The third-order valence-electron chi connectivity index (χ3n) is 5.32. The molecule has 1 fully saturated rings. The molecular weight excluding hydrogens is 388 g/mol. The number of para-hydroxylation sites is 2. The van der Waals surface area contributed by atoms with Gasteiger partial charge in [0, 0.05) is 6.61 Å². The summed E-state index contributed by atoms with van der Waals surface area (Å²) in [6.07, 6.45) is 1.38. The maximum atomic E-state index is 10.7. The molecular formula is C23H29ClN2O3. The van der Waals surface area contributed by atoms with E-state index >= 15 is 0 Å². The van der Waals surface area contributed by atoms with Gasteiger partial charge in [0.15, 0.2) is 0 Å². The molecule has 1 N–H and O–H groups in total. The monoisotopic (exact) mass is 416 g/mol. The standard InChI is InChI=1S/C23H28N2O3.ClH/c1-15-11-16(2)22(17(3)12-15)28-14-18(26)13-25-20-8-5-4-7-19(20)24-23(25)21-9-6-10-27-21;/h4-5,7-8,11-12,18,21,26H,6,9-10,13-14H2,1-3H3;1H. The van der Waals surface area contributed by atoms with Crippen molar-refractivity contribution in [3.63, 3.8) is 0 Å². The van der Waals surface area contributed by atoms with Crippen LogP contribution in [0.4, 0.5) is 0 Å². The first kappa shape index (κ1) is 21.6. The maximum Gasteiger partial charge on any atom is 0.139 e. The average molecular weight is 417 g/mol. The van der Waals surface area contributed by atoms with Crippen molar-refractivity contribution >= 4 is 23.4 Å². The molecule has 2 aromatic carbocycles. The largest absolute Gasteiger partial charge is 0.490 e. The van der Waals surface area contributed by atoms with Crippen molar-refractivity contribution in [2.24, 2.45) is 0 Å². The highest BCUT2D eigenvalue weighted by Crippen LogP contribution is 2.31. The molecule has 1 aliphatic rings. The number of ether oxygens (including phenoxy) is 2.